The summed E-state index contributed by atoms with van der Waals surface area (Å²) in [5.74, 6) is 0.665. The zero-order valence-corrected chi connectivity index (χ0v) is 18.4. The maximum absolute atomic E-state index is 12.8. The topological polar surface area (TPSA) is 98.0 Å². The van der Waals surface area contributed by atoms with Crippen LogP contribution in [0.2, 0.25) is 0 Å². The molecule has 0 saturated carbocycles. The number of nitrogen functional groups attached to an aromatic ring is 1. The van der Waals surface area contributed by atoms with Gasteiger partial charge in [0.1, 0.15) is 5.82 Å². The van der Waals surface area contributed by atoms with Gasteiger partial charge in [0.25, 0.3) is 5.91 Å². The number of hydrogen-bond acceptors (Lipinski definition) is 7. The number of aromatic nitrogens is 1. The Bertz CT molecular complexity index is 1040. The minimum Gasteiger partial charge on any atom is -0.493 e. The number of aliphatic hydroxyl groups excluding tert-OH is 1. The molecule has 3 aliphatic rings. The van der Waals surface area contributed by atoms with E-state index in [0.29, 0.717) is 29.7 Å². The summed E-state index contributed by atoms with van der Waals surface area (Å²) in [7, 11) is 0. The molecule has 168 valence electrons. The molecule has 0 aliphatic carbocycles. The Morgan fingerprint density at radius 2 is 1.94 bits per heavy atom. The van der Waals surface area contributed by atoms with Crippen LogP contribution in [0.1, 0.15) is 40.7 Å². The Morgan fingerprint density at radius 1 is 1.16 bits per heavy atom. The fraction of sp³-hybridized carbons (Fsp3) is 0.417. The predicted molar refractivity (Wildman–Crippen MR) is 125 cm³/mol. The van der Waals surface area contributed by atoms with E-state index in [1.165, 1.54) is 19.3 Å². The lowest BCUT2D eigenvalue weighted by atomic mass is 10.0. The van der Waals surface area contributed by atoms with Crippen molar-refractivity contribution < 1.29 is 9.90 Å². The second-order valence-electron chi connectivity index (χ2n) is 8.91. The van der Waals surface area contributed by atoms with Gasteiger partial charge in [-0.15, -0.1) is 0 Å². The number of nitrogens with one attached hydrogen (secondary N) is 1. The van der Waals surface area contributed by atoms with E-state index in [0.717, 1.165) is 42.9 Å². The van der Waals surface area contributed by atoms with E-state index in [1.54, 1.807) is 23.3 Å². The van der Waals surface area contributed by atoms with Crippen molar-refractivity contribution >= 4 is 23.0 Å². The van der Waals surface area contributed by atoms with Crippen LogP contribution in [-0.4, -0.2) is 64.6 Å². The first-order valence-electron chi connectivity index (χ1n) is 11.3. The van der Waals surface area contributed by atoms with Gasteiger partial charge in [-0.25, -0.2) is 15.4 Å². The van der Waals surface area contributed by atoms with Gasteiger partial charge in [0, 0.05) is 43.1 Å². The normalized spacial score (nSPS) is 20.0. The summed E-state index contributed by atoms with van der Waals surface area (Å²) in [6.07, 6.45) is 5.44. The van der Waals surface area contributed by atoms with Gasteiger partial charge in [0.15, 0.2) is 0 Å². The highest BCUT2D eigenvalue weighted by Gasteiger charge is 2.35. The number of aryl methyl sites for hydroxylation is 1. The molecule has 5 rings (SSSR count). The summed E-state index contributed by atoms with van der Waals surface area (Å²) >= 11 is 0. The first kappa shape index (κ1) is 20.8. The number of carbonyl (C=O) groups is 1. The van der Waals surface area contributed by atoms with Crippen molar-refractivity contribution in [1.29, 1.82) is 0 Å². The van der Waals surface area contributed by atoms with E-state index in [1.807, 2.05) is 30.0 Å². The van der Waals surface area contributed by atoms with Gasteiger partial charge in [-0.1, -0.05) is 12.5 Å². The number of benzene rings is 1. The molecule has 2 saturated heterocycles. The lowest BCUT2D eigenvalue weighted by Gasteiger charge is -2.46. The van der Waals surface area contributed by atoms with E-state index in [9.17, 15) is 9.90 Å². The molecule has 1 aromatic carbocycles. The highest BCUT2D eigenvalue weighted by Crippen LogP contribution is 2.30. The number of piperidine rings is 1. The van der Waals surface area contributed by atoms with E-state index in [2.05, 4.69) is 15.3 Å². The first-order chi connectivity index (χ1) is 15.5. The Balaban J connectivity index is 1.25. The Hall–Kier alpha value is -3.10. The highest BCUT2D eigenvalue weighted by atomic mass is 16.3. The molecule has 8 nitrogen and oxygen atoms in total. The van der Waals surface area contributed by atoms with E-state index in [-0.39, 0.29) is 11.8 Å². The maximum atomic E-state index is 12.8. The van der Waals surface area contributed by atoms with Gasteiger partial charge in [-0.3, -0.25) is 9.69 Å². The number of aliphatic hydroxyl groups is 1. The molecule has 0 unspecified atom stereocenters. The molecular formula is C24H30N6O2. The quantitative estimate of drug-likeness (QED) is 0.636. The Kier molecular flexibility index (Phi) is 5.48. The number of likely N-dealkylation sites (tertiary alicyclic amines) is 2. The van der Waals surface area contributed by atoms with Crippen molar-refractivity contribution in [1.82, 2.24) is 20.2 Å². The average molecular weight is 435 g/mol. The summed E-state index contributed by atoms with van der Waals surface area (Å²) in [5, 5.41) is 12.4. The highest BCUT2D eigenvalue weighted by molar-refractivity contribution is 5.94. The summed E-state index contributed by atoms with van der Waals surface area (Å²) in [5.41, 5.74) is 13.0. The number of anilines is 2. The molecule has 4 heterocycles. The molecule has 2 fully saturated rings. The van der Waals surface area contributed by atoms with Crippen LogP contribution < -0.4 is 16.2 Å². The fourth-order valence-electron chi connectivity index (χ4n) is 4.84. The summed E-state index contributed by atoms with van der Waals surface area (Å²) in [4.78, 5) is 21.7. The maximum Gasteiger partial charge on any atom is 0.255 e. The lowest BCUT2D eigenvalue weighted by molar-refractivity contribution is 0.0203. The molecule has 0 atom stereocenters. The monoisotopic (exact) mass is 434 g/mol. The van der Waals surface area contributed by atoms with Gasteiger partial charge in [-0.2, -0.15) is 0 Å². The number of hydrazine groups is 1. The van der Waals surface area contributed by atoms with Crippen molar-refractivity contribution in [2.24, 2.45) is 0 Å². The van der Waals surface area contributed by atoms with Crippen LogP contribution in [0.4, 0.5) is 11.5 Å². The second-order valence-corrected chi connectivity index (χ2v) is 8.91. The zero-order chi connectivity index (χ0) is 22.2. The molecule has 0 bridgehead atoms. The Labute approximate surface area is 188 Å². The van der Waals surface area contributed by atoms with Gasteiger partial charge in [0.05, 0.1) is 5.56 Å². The third-order valence-electron chi connectivity index (χ3n) is 6.75. The fourth-order valence-corrected chi connectivity index (χ4v) is 4.84. The molecule has 8 heteroatoms. The van der Waals surface area contributed by atoms with E-state index >= 15 is 0 Å². The molecule has 2 aromatic rings. The van der Waals surface area contributed by atoms with Crippen molar-refractivity contribution in [2.75, 3.05) is 43.5 Å². The summed E-state index contributed by atoms with van der Waals surface area (Å²) < 4.78 is 0. The largest absolute Gasteiger partial charge is 0.493 e. The van der Waals surface area contributed by atoms with Crippen LogP contribution in [0.25, 0.3) is 5.57 Å². The minimum absolute atomic E-state index is 0.0182. The smallest absolute Gasteiger partial charge is 0.255 e. The summed E-state index contributed by atoms with van der Waals surface area (Å²) in [6.45, 7) is 6.34. The number of nitrogens with zero attached hydrogens (tertiary/aromatic N) is 4. The number of nitrogens with two attached hydrogens (primary N) is 1. The predicted octanol–water partition coefficient (Wildman–Crippen LogP) is 2.53. The van der Waals surface area contributed by atoms with E-state index in [4.69, 9.17) is 5.73 Å². The minimum atomic E-state index is 0.0182. The van der Waals surface area contributed by atoms with Crippen molar-refractivity contribution in [3.63, 3.8) is 0 Å². The number of hydrogen-bond donors (Lipinski definition) is 3. The van der Waals surface area contributed by atoms with Crippen molar-refractivity contribution in [3.8, 4) is 0 Å². The molecular weight excluding hydrogens is 404 g/mol. The number of carbonyl (C=O) groups excluding carboxylic acids is 1. The number of pyridine rings is 1. The molecule has 1 aromatic heterocycles. The zero-order valence-electron chi connectivity index (χ0n) is 18.4. The van der Waals surface area contributed by atoms with Crippen LogP contribution in [0, 0.1) is 6.92 Å². The molecule has 32 heavy (non-hydrogen) atoms. The molecule has 0 spiro atoms. The van der Waals surface area contributed by atoms with E-state index < -0.39 is 0 Å². The number of rotatable bonds is 4. The van der Waals surface area contributed by atoms with Crippen molar-refractivity contribution in [2.45, 2.75) is 32.2 Å². The first-order valence-corrected chi connectivity index (χ1v) is 11.3. The SMILES string of the molecule is Cc1cc(N)ccc1C1=C(O)N(c2ccc(C(=O)N3CC(N4CCCCC4)C3)cn2)NC1. The molecule has 1 amide bonds. The van der Waals surface area contributed by atoms with Crippen molar-refractivity contribution in [3.05, 3.63) is 59.1 Å². The van der Waals surface area contributed by atoms with Crippen LogP contribution in [0.5, 0.6) is 0 Å². The Morgan fingerprint density at radius 3 is 2.62 bits per heavy atom. The third-order valence-corrected chi connectivity index (χ3v) is 6.75. The molecule has 4 N–H and O–H groups in total. The van der Waals surface area contributed by atoms with Crippen LogP contribution in [0.3, 0.4) is 0 Å². The summed E-state index contributed by atoms with van der Waals surface area (Å²) in [6, 6.07) is 9.67. The average Bonchev–Trinajstić information content (AvgIpc) is 3.14. The third kappa shape index (κ3) is 3.80. The van der Waals surface area contributed by atoms with Crippen LogP contribution >= 0.6 is 0 Å². The lowest BCUT2D eigenvalue weighted by Crippen LogP contribution is -2.61. The number of amides is 1. The van der Waals surface area contributed by atoms with Gasteiger partial charge in [-0.05, 0) is 68.2 Å². The van der Waals surface area contributed by atoms with Crippen LogP contribution in [-0.2, 0) is 0 Å². The van der Waals surface area contributed by atoms with Crippen LogP contribution in [0.15, 0.2) is 42.4 Å². The van der Waals surface area contributed by atoms with Gasteiger partial charge in [0.2, 0.25) is 5.88 Å². The standard InChI is InChI=1S/C24H30N6O2/c1-16-11-18(25)6-7-20(16)21-13-27-30(24(21)32)22-8-5-17(12-26-22)23(31)29-14-19(15-29)28-9-3-2-4-10-28/h5-8,11-12,19,27,32H,2-4,9-10,13-15,25H2,1H3. The molecule has 3 aliphatic heterocycles. The molecule has 0 radical (unpaired) electrons. The second kappa shape index (κ2) is 8.44. The van der Waals surface area contributed by atoms with Gasteiger partial charge < -0.3 is 15.7 Å². The van der Waals surface area contributed by atoms with Gasteiger partial charge >= 0.3 is 0 Å².